The van der Waals surface area contributed by atoms with Gasteiger partial charge in [-0.05, 0) is 60.2 Å². The van der Waals surface area contributed by atoms with E-state index in [4.69, 9.17) is 0 Å². The van der Waals surface area contributed by atoms with Crippen molar-refractivity contribution in [3.05, 3.63) is 59.2 Å². The molecule has 2 atom stereocenters. The van der Waals surface area contributed by atoms with Crippen LogP contribution >= 0.6 is 0 Å². The molecule has 1 heterocycles. The van der Waals surface area contributed by atoms with E-state index in [9.17, 15) is 26.4 Å². The van der Waals surface area contributed by atoms with Crippen molar-refractivity contribution in [2.75, 3.05) is 24.5 Å². The summed E-state index contributed by atoms with van der Waals surface area (Å²) >= 11 is 0. The molecule has 4 rings (SSSR count). The molecule has 1 aliphatic carbocycles. The van der Waals surface area contributed by atoms with E-state index in [0.717, 1.165) is 23.3 Å². The van der Waals surface area contributed by atoms with Crippen LogP contribution in [0, 0.1) is 5.92 Å². The predicted molar refractivity (Wildman–Crippen MR) is 115 cm³/mol. The molecule has 1 aliphatic heterocycles. The van der Waals surface area contributed by atoms with Crippen molar-refractivity contribution < 1.29 is 26.4 Å². The Bertz CT molecular complexity index is 1130. The second kappa shape index (κ2) is 8.19. The molecule has 0 bridgehead atoms. The van der Waals surface area contributed by atoms with Crippen LogP contribution in [0.5, 0.6) is 0 Å². The first-order chi connectivity index (χ1) is 15.1. The van der Waals surface area contributed by atoms with Gasteiger partial charge in [-0.15, -0.1) is 0 Å². The van der Waals surface area contributed by atoms with Gasteiger partial charge < -0.3 is 4.90 Å². The molecule has 0 aromatic heterocycles. The third kappa shape index (κ3) is 4.03. The molecule has 2 aromatic rings. The van der Waals surface area contributed by atoms with Gasteiger partial charge in [0.2, 0.25) is 15.9 Å². The highest BCUT2D eigenvalue weighted by atomic mass is 32.2. The molecule has 5 nitrogen and oxygen atoms in total. The number of sulfonamides is 1. The second-order valence-corrected chi connectivity index (χ2v) is 10.1. The van der Waals surface area contributed by atoms with Crippen molar-refractivity contribution in [3.63, 3.8) is 0 Å². The van der Waals surface area contributed by atoms with Gasteiger partial charge in [0.1, 0.15) is 0 Å². The number of hydrogen-bond acceptors (Lipinski definition) is 3. The van der Waals surface area contributed by atoms with E-state index in [-0.39, 0.29) is 22.6 Å². The van der Waals surface area contributed by atoms with E-state index in [1.165, 1.54) is 16.4 Å². The third-order valence-corrected chi connectivity index (χ3v) is 8.38. The lowest BCUT2D eigenvalue weighted by atomic mass is 10.1. The monoisotopic (exact) mass is 466 g/mol. The fourth-order valence-corrected chi connectivity index (χ4v) is 5.95. The highest BCUT2D eigenvalue weighted by Gasteiger charge is 2.47. The van der Waals surface area contributed by atoms with Gasteiger partial charge in [0.15, 0.2) is 0 Å². The third-order valence-electron chi connectivity index (χ3n) is 6.33. The van der Waals surface area contributed by atoms with Crippen molar-refractivity contribution in [2.45, 2.75) is 43.7 Å². The van der Waals surface area contributed by atoms with Crippen molar-refractivity contribution in [3.8, 4) is 0 Å². The normalized spacial score (nSPS) is 20.5. The van der Waals surface area contributed by atoms with E-state index >= 15 is 0 Å². The number of amides is 1. The van der Waals surface area contributed by atoms with Gasteiger partial charge in [-0.2, -0.15) is 17.5 Å². The quantitative estimate of drug-likeness (QED) is 0.633. The molecule has 9 heteroatoms. The zero-order valence-electron chi connectivity index (χ0n) is 17.9. The lowest BCUT2D eigenvalue weighted by molar-refractivity contribution is -0.137. The maximum atomic E-state index is 13.1. The van der Waals surface area contributed by atoms with E-state index in [0.29, 0.717) is 38.2 Å². The van der Waals surface area contributed by atoms with Crippen molar-refractivity contribution >= 4 is 21.6 Å². The minimum Gasteiger partial charge on any atom is -0.312 e. The molecule has 2 unspecified atom stereocenters. The molecular formula is C23H25F3N2O3S. The average molecular weight is 467 g/mol. The summed E-state index contributed by atoms with van der Waals surface area (Å²) in [7, 11) is -3.57. The minimum absolute atomic E-state index is 0.0620. The van der Waals surface area contributed by atoms with Gasteiger partial charge in [0.05, 0.1) is 10.5 Å². The average Bonchev–Trinajstić information content (AvgIpc) is 3.45. The summed E-state index contributed by atoms with van der Waals surface area (Å²) in [5.41, 5.74) is 1.56. The Morgan fingerprint density at radius 2 is 1.75 bits per heavy atom. The standard InChI is InChI=1S/C23H25F3N2O3S/c1-3-27(4-2)32(30,31)18-9-10-21-16(13-18)11-12-28(21)22(29)20-14-19(20)15-5-7-17(8-6-15)23(24,25)26/h5-10,13,19-20H,3-4,11-12,14H2,1-2H3. The lowest BCUT2D eigenvalue weighted by Gasteiger charge is -2.20. The van der Waals surface area contributed by atoms with E-state index in [1.54, 1.807) is 36.9 Å². The summed E-state index contributed by atoms with van der Waals surface area (Å²) in [6.07, 6.45) is -3.21. The molecule has 0 N–H and O–H groups in total. The summed E-state index contributed by atoms with van der Waals surface area (Å²) < 4.78 is 65.3. The number of rotatable bonds is 6. The smallest absolute Gasteiger partial charge is 0.312 e. The van der Waals surface area contributed by atoms with E-state index < -0.39 is 21.8 Å². The second-order valence-electron chi connectivity index (χ2n) is 8.19. The minimum atomic E-state index is -4.38. The fraction of sp³-hybridized carbons (Fsp3) is 0.435. The Balaban J connectivity index is 1.49. The predicted octanol–water partition coefficient (Wildman–Crippen LogP) is 4.43. The van der Waals surface area contributed by atoms with Crippen LogP contribution in [0.25, 0.3) is 0 Å². The molecule has 32 heavy (non-hydrogen) atoms. The molecule has 1 amide bonds. The molecule has 0 radical (unpaired) electrons. The van der Waals surface area contributed by atoms with E-state index in [1.807, 2.05) is 0 Å². The van der Waals surface area contributed by atoms with Gasteiger partial charge in [-0.25, -0.2) is 8.42 Å². The van der Waals surface area contributed by atoms with Crippen LogP contribution < -0.4 is 4.90 Å². The largest absolute Gasteiger partial charge is 0.416 e. The Morgan fingerprint density at radius 1 is 1.09 bits per heavy atom. The Kier molecular flexibility index (Phi) is 5.83. The first-order valence-electron chi connectivity index (χ1n) is 10.7. The molecule has 2 aromatic carbocycles. The lowest BCUT2D eigenvalue weighted by Crippen LogP contribution is -2.31. The van der Waals surface area contributed by atoms with Crippen LogP contribution in [-0.2, 0) is 27.4 Å². The van der Waals surface area contributed by atoms with Crippen molar-refractivity contribution in [2.24, 2.45) is 5.92 Å². The topological polar surface area (TPSA) is 57.7 Å². The van der Waals surface area contributed by atoms with Crippen LogP contribution in [0.1, 0.15) is 42.9 Å². The maximum Gasteiger partial charge on any atom is 0.416 e. The number of fused-ring (bicyclic) bond motifs is 1. The Hall–Kier alpha value is -2.39. The van der Waals surface area contributed by atoms with Crippen LogP contribution in [-0.4, -0.2) is 38.3 Å². The van der Waals surface area contributed by atoms with Gasteiger partial charge >= 0.3 is 6.18 Å². The molecule has 1 saturated carbocycles. The van der Waals surface area contributed by atoms with Crippen LogP contribution in [0.2, 0.25) is 0 Å². The molecule has 172 valence electrons. The zero-order chi connectivity index (χ0) is 23.3. The number of nitrogens with zero attached hydrogens (tertiary/aromatic N) is 2. The molecular weight excluding hydrogens is 441 g/mol. The van der Waals surface area contributed by atoms with Crippen LogP contribution in [0.4, 0.5) is 18.9 Å². The van der Waals surface area contributed by atoms with Gasteiger partial charge in [0, 0.05) is 31.2 Å². The number of carbonyl (C=O) groups is 1. The van der Waals surface area contributed by atoms with E-state index in [2.05, 4.69) is 0 Å². The number of alkyl halides is 3. The Labute approximate surface area is 185 Å². The van der Waals surface area contributed by atoms with Gasteiger partial charge in [-0.1, -0.05) is 26.0 Å². The summed E-state index contributed by atoms with van der Waals surface area (Å²) in [4.78, 5) is 15.0. The zero-order valence-corrected chi connectivity index (χ0v) is 18.7. The SMILES string of the molecule is CCN(CC)S(=O)(=O)c1ccc2c(c1)CCN2C(=O)C1CC1c1ccc(C(F)(F)F)cc1. The molecule has 0 saturated heterocycles. The first-order valence-corrected chi connectivity index (χ1v) is 12.1. The summed E-state index contributed by atoms with van der Waals surface area (Å²) in [6, 6.07) is 9.88. The number of anilines is 1. The number of benzene rings is 2. The van der Waals surface area contributed by atoms with Crippen molar-refractivity contribution in [1.29, 1.82) is 0 Å². The van der Waals surface area contributed by atoms with Gasteiger partial charge in [0.25, 0.3) is 0 Å². The molecule has 2 aliphatic rings. The highest BCUT2D eigenvalue weighted by Crippen LogP contribution is 2.50. The summed E-state index contributed by atoms with van der Waals surface area (Å²) in [5.74, 6) is -0.416. The van der Waals surface area contributed by atoms with Crippen LogP contribution in [0.15, 0.2) is 47.4 Å². The summed E-state index contributed by atoms with van der Waals surface area (Å²) in [6.45, 7) is 4.81. The Morgan fingerprint density at radius 3 is 2.34 bits per heavy atom. The number of carbonyl (C=O) groups excluding carboxylic acids is 1. The highest BCUT2D eigenvalue weighted by molar-refractivity contribution is 7.89. The maximum absolute atomic E-state index is 13.1. The summed E-state index contributed by atoms with van der Waals surface area (Å²) in [5, 5.41) is 0. The number of hydrogen-bond donors (Lipinski definition) is 0. The number of halogens is 3. The molecule has 0 spiro atoms. The van der Waals surface area contributed by atoms with Gasteiger partial charge in [-0.3, -0.25) is 4.79 Å². The first kappa shape index (κ1) is 22.8. The molecule has 1 fully saturated rings. The van der Waals surface area contributed by atoms with Crippen molar-refractivity contribution in [1.82, 2.24) is 4.31 Å². The fourth-order valence-electron chi connectivity index (χ4n) is 4.44. The van der Waals surface area contributed by atoms with Crippen LogP contribution in [0.3, 0.4) is 0 Å².